The van der Waals surface area contributed by atoms with Gasteiger partial charge in [-0.15, -0.1) is 0 Å². The molecule has 12 heavy (non-hydrogen) atoms. The average Bonchev–Trinajstić information content (AvgIpc) is 2.39. The van der Waals surface area contributed by atoms with Gasteiger partial charge in [-0.2, -0.15) is 0 Å². The summed E-state index contributed by atoms with van der Waals surface area (Å²) in [6.07, 6.45) is 5.10. The lowest BCUT2D eigenvalue weighted by Crippen LogP contribution is -2.36. The molecule has 0 spiro atoms. The molecule has 1 heteroatoms. The second-order valence-corrected chi connectivity index (χ2v) is 5.53. The molecule has 0 aromatic rings. The highest BCUT2D eigenvalue weighted by atomic mass is 16.1. The minimum absolute atomic E-state index is 0.273. The van der Waals surface area contributed by atoms with E-state index >= 15 is 0 Å². The molecule has 0 N–H and O–H groups in total. The summed E-state index contributed by atoms with van der Waals surface area (Å²) in [4.78, 5) is 11.0. The van der Waals surface area contributed by atoms with Gasteiger partial charge in [0.05, 0.1) is 0 Å². The van der Waals surface area contributed by atoms with Crippen LogP contribution in [0, 0.1) is 22.7 Å². The van der Waals surface area contributed by atoms with Gasteiger partial charge in [0.2, 0.25) is 0 Å². The molecule has 0 aromatic heterocycles. The van der Waals surface area contributed by atoms with E-state index in [1.165, 1.54) is 25.5 Å². The summed E-state index contributed by atoms with van der Waals surface area (Å²) in [5.74, 6) is 1.11. The molecule has 2 fully saturated rings. The summed E-state index contributed by atoms with van der Waals surface area (Å²) >= 11 is 0. The number of hydrogen-bond donors (Lipinski definition) is 0. The van der Waals surface area contributed by atoms with Gasteiger partial charge >= 0.3 is 0 Å². The first kappa shape index (κ1) is 8.28. The highest BCUT2D eigenvalue weighted by Gasteiger charge is 2.58. The van der Waals surface area contributed by atoms with E-state index in [0.717, 1.165) is 5.92 Å². The maximum atomic E-state index is 11.0. The first-order valence-electron chi connectivity index (χ1n) is 4.96. The minimum Gasteiger partial charge on any atom is -0.303 e. The first-order chi connectivity index (χ1) is 5.50. The molecule has 0 heterocycles. The fraction of sp³-hybridized carbons (Fsp3) is 0.909. The standard InChI is InChI=1S/C11H18O/c1-10(2)8-4-5-11(3,6-8)9(10)7-12/h7-9H,4-6H2,1-3H3/t8-,9-,11+/m1/s1. The molecule has 1 nitrogen and oxygen atoms in total. The van der Waals surface area contributed by atoms with Crippen molar-refractivity contribution >= 4 is 6.29 Å². The van der Waals surface area contributed by atoms with Crippen molar-refractivity contribution in [1.82, 2.24) is 0 Å². The van der Waals surface area contributed by atoms with E-state index in [4.69, 9.17) is 0 Å². The smallest absolute Gasteiger partial charge is 0.124 e. The third-order valence-electron chi connectivity index (χ3n) is 4.52. The van der Waals surface area contributed by atoms with Crippen LogP contribution in [0.5, 0.6) is 0 Å². The van der Waals surface area contributed by atoms with Crippen LogP contribution in [0.2, 0.25) is 0 Å². The number of carbonyl (C=O) groups is 1. The van der Waals surface area contributed by atoms with Crippen LogP contribution in [-0.4, -0.2) is 6.29 Å². The monoisotopic (exact) mass is 166 g/mol. The van der Waals surface area contributed by atoms with Gasteiger partial charge in [0, 0.05) is 5.92 Å². The average molecular weight is 166 g/mol. The van der Waals surface area contributed by atoms with E-state index in [1.807, 2.05) is 0 Å². The molecule has 2 saturated carbocycles. The number of aldehydes is 1. The lowest BCUT2D eigenvalue weighted by atomic mass is 9.65. The third kappa shape index (κ3) is 0.773. The fourth-order valence-electron chi connectivity index (χ4n) is 3.68. The van der Waals surface area contributed by atoms with Crippen molar-refractivity contribution < 1.29 is 4.79 Å². The van der Waals surface area contributed by atoms with E-state index in [2.05, 4.69) is 20.8 Å². The largest absolute Gasteiger partial charge is 0.303 e. The van der Waals surface area contributed by atoms with Gasteiger partial charge in [0.25, 0.3) is 0 Å². The zero-order valence-electron chi connectivity index (χ0n) is 8.26. The number of fused-ring (bicyclic) bond motifs is 2. The van der Waals surface area contributed by atoms with Crippen molar-refractivity contribution in [1.29, 1.82) is 0 Å². The van der Waals surface area contributed by atoms with Crippen molar-refractivity contribution in [3.8, 4) is 0 Å². The molecule has 0 aliphatic heterocycles. The van der Waals surface area contributed by atoms with Crippen LogP contribution >= 0.6 is 0 Å². The van der Waals surface area contributed by atoms with Gasteiger partial charge in [-0.3, -0.25) is 0 Å². The van der Waals surface area contributed by atoms with Gasteiger partial charge in [-0.05, 0) is 36.0 Å². The molecule has 0 saturated heterocycles. The normalized spacial score (nSPS) is 49.6. The van der Waals surface area contributed by atoms with Crippen LogP contribution in [0.1, 0.15) is 40.0 Å². The Hall–Kier alpha value is -0.330. The highest BCUT2D eigenvalue weighted by molar-refractivity contribution is 5.58. The van der Waals surface area contributed by atoms with Crippen molar-refractivity contribution in [3.05, 3.63) is 0 Å². The van der Waals surface area contributed by atoms with Gasteiger partial charge < -0.3 is 4.79 Å². The van der Waals surface area contributed by atoms with E-state index in [1.54, 1.807) is 0 Å². The van der Waals surface area contributed by atoms with Gasteiger partial charge in [0.1, 0.15) is 6.29 Å². The summed E-state index contributed by atoms with van der Waals surface area (Å²) in [5, 5.41) is 0. The molecule has 68 valence electrons. The zero-order valence-corrected chi connectivity index (χ0v) is 8.26. The van der Waals surface area contributed by atoms with E-state index in [-0.39, 0.29) is 5.41 Å². The van der Waals surface area contributed by atoms with Crippen molar-refractivity contribution in [2.24, 2.45) is 22.7 Å². The Morgan fingerprint density at radius 1 is 1.33 bits per heavy atom. The predicted molar refractivity (Wildman–Crippen MR) is 48.8 cm³/mol. The fourth-order valence-corrected chi connectivity index (χ4v) is 3.68. The van der Waals surface area contributed by atoms with Crippen LogP contribution in [0.4, 0.5) is 0 Å². The first-order valence-corrected chi connectivity index (χ1v) is 4.96. The molecule has 2 aliphatic carbocycles. The minimum atomic E-state index is 0.273. The van der Waals surface area contributed by atoms with Crippen LogP contribution in [0.15, 0.2) is 0 Å². The molecule has 0 aromatic carbocycles. The maximum absolute atomic E-state index is 11.0. The predicted octanol–water partition coefficient (Wildman–Crippen LogP) is 2.65. The van der Waals surface area contributed by atoms with E-state index < -0.39 is 0 Å². The van der Waals surface area contributed by atoms with E-state index in [0.29, 0.717) is 11.3 Å². The molecule has 2 aliphatic rings. The number of hydrogen-bond acceptors (Lipinski definition) is 1. The Bertz CT molecular complexity index is 214. The lowest BCUT2D eigenvalue weighted by molar-refractivity contribution is -0.118. The Morgan fingerprint density at radius 2 is 2.00 bits per heavy atom. The molecule has 0 amide bonds. The van der Waals surface area contributed by atoms with Crippen molar-refractivity contribution in [2.45, 2.75) is 40.0 Å². The Labute approximate surface area is 74.5 Å². The van der Waals surface area contributed by atoms with Crippen molar-refractivity contribution in [3.63, 3.8) is 0 Å². The Morgan fingerprint density at radius 3 is 2.33 bits per heavy atom. The van der Waals surface area contributed by atoms with Crippen LogP contribution < -0.4 is 0 Å². The summed E-state index contributed by atoms with van der Waals surface area (Å²) in [5.41, 5.74) is 0.616. The van der Waals surface area contributed by atoms with E-state index in [9.17, 15) is 4.79 Å². The Balaban J connectivity index is 2.37. The third-order valence-corrected chi connectivity index (χ3v) is 4.52. The quantitative estimate of drug-likeness (QED) is 0.547. The van der Waals surface area contributed by atoms with Gasteiger partial charge in [-0.1, -0.05) is 20.8 Å². The Kier molecular flexibility index (Phi) is 1.47. The molecule has 0 radical (unpaired) electrons. The van der Waals surface area contributed by atoms with Crippen LogP contribution in [0.3, 0.4) is 0 Å². The summed E-state index contributed by atoms with van der Waals surface area (Å²) in [6.45, 7) is 6.82. The molecule has 0 unspecified atom stereocenters. The second kappa shape index (κ2) is 2.12. The van der Waals surface area contributed by atoms with Gasteiger partial charge in [-0.25, -0.2) is 0 Å². The maximum Gasteiger partial charge on any atom is 0.124 e. The van der Waals surface area contributed by atoms with Gasteiger partial charge in [0.15, 0.2) is 0 Å². The molecule has 3 atom stereocenters. The van der Waals surface area contributed by atoms with Crippen LogP contribution in [0.25, 0.3) is 0 Å². The lowest BCUT2D eigenvalue weighted by Gasteiger charge is -2.39. The number of carbonyl (C=O) groups excluding carboxylic acids is 1. The molecule has 2 rings (SSSR count). The molecular weight excluding hydrogens is 148 g/mol. The summed E-state index contributed by atoms with van der Waals surface area (Å²) < 4.78 is 0. The summed E-state index contributed by atoms with van der Waals surface area (Å²) in [7, 11) is 0. The summed E-state index contributed by atoms with van der Waals surface area (Å²) in [6, 6.07) is 0. The van der Waals surface area contributed by atoms with Crippen LogP contribution in [-0.2, 0) is 4.79 Å². The highest BCUT2D eigenvalue weighted by Crippen LogP contribution is 2.65. The molecular formula is C11H18O. The molecule has 2 bridgehead atoms. The van der Waals surface area contributed by atoms with Crippen molar-refractivity contribution in [2.75, 3.05) is 0 Å². The number of rotatable bonds is 1. The zero-order chi connectivity index (χ0) is 8.98. The topological polar surface area (TPSA) is 17.1 Å². The second-order valence-electron chi connectivity index (χ2n) is 5.53. The SMILES string of the molecule is CC1(C)[C@@H]2CC[C@@](C)(C2)[C@@H]1C=O.